The van der Waals surface area contributed by atoms with Crippen molar-refractivity contribution in [2.45, 2.75) is 240 Å². The molecule has 5 fully saturated rings. The Morgan fingerprint density at radius 3 is 2.06 bits per heavy atom. The normalized spacial score (nSPS) is 25.7. The van der Waals surface area contributed by atoms with E-state index in [0.717, 1.165) is 31.4 Å². The van der Waals surface area contributed by atoms with Crippen LogP contribution in [0.2, 0.25) is 0 Å². The number of carboxylic acids is 1. The van der Waals surface area contributed by atoms with E-state index in [1.54, 1.807) is 50.7 Å². The molecule has 12 atom stereocenters. The molecular weight excluding hydrogens is 1480 g/mol. The van der Waals surface area contributed by atoms with Gasteiger partial charge in [0.05, 0.1) is 41.8 Å². The minimum Gasteiger partial charge on any atom is -0.481 e. The van der Waals surface area contributed by atoms with Gasteiger partial charge in [0.15, 0.2) is 0 Å². The summed E-state index contributed by atoms with van der Waals surface area (Å²) in [6.07, 6.45) is 11.7. The molecule has 3 aromatic heterocycles. The Morgan fingerprint density at radius 1 is 0.700 bits per heavy atom. The Labute approximate surface area is 652 Å². The first-order chi connectivity index (χ1) is 52.6. The number of hydrogen-bond acceptors (Lipinski definition) is 21. The second-order valence-corrected chi connectivity index (χ2v) is 32.9. The number of thioether (sulfide) groups is 2. The quantitative estimate of drug-likeness (QED) is 0.0331. The Bertz CT molecular complexity index is 3650. The molecule has 0 radical (unpaired) electrons. The maximum Gasteiger partial charge on any atom is 0.315 e. The van der Waals surface area contributed by atoms with Crippen LogP contribution in [0.1, 0.15) is 161 Å². The average molecular weight is 1590 g/mol. The molecule has 34 nitrogen and oxygen atoms in total. The van der Waals surface area contributed by atoms with Gasteiger partial charge in [-0.25, -0.2) is 14.8 Å². The summed E-state index contributed by atoms with van der Waals surface area (Å²) in [6.45, 7) is 8.41. The molecule has 8 rings (SSSR count). The molecular formula is C73H108N18O16S3. The van der Waals surface area contributed by atoms with Crippen molar-refractivity contribution in [2.24, 2.45) is 11.3 Å². The fourth-order valence-corrected chi connectivity index (χ4v) is 16.0. The molecule has 15 N–H and O–H groups in total. The predicted octanol–water partition coefficient (Wildman–Crippen LogP) is 0.456. The number of imidazole rings is 1. The summed E-state index contributed by atoms with van der Waals surface area (Å²) in [5.41, 5.74) is 0.999. The average Bonchev–Trinajstić information content (AvgIpc) is 1.65. The van der Waals surface area contributed by atoms with E-state index >= 15 is 4.79 Å². The summed E-state index contributed by atoms with van der Waals surface area (Å²) in [5, 5.41) is 47.9. The molecule has 110 heavy (non-hydrogen) atoms. The van der Waals surface area contributed by atoms with E-state index in [9.17, 15) is 67.4 Å². The lowest BCUT2D eigenvalue weighted by Crippen LogP contribution is -2.60. The molecule has 4 saturated heterocycles. The largest absolute Gasteiger partial charge is 0.481 e. The van der Waals surface area contributed by atoms with Crippen LogP contribution in [0.15, 0.2) is 47.9 Å². The number of amides is 14. The zero-order valence-electron chi connectivity index (χ0n) is 63.3. The van der Waals surface area contributed by atoms with Crippen LogP contribution in [0.5, 0.6) is 0 Å². The third-order valence-electron chi connectivity index (χ3n) is 20.2. The van der Waals surface area contributed by atoms with Crippen LogP contribution in [0.3, 0.4) is 0 Å². The van der Waals surface area contributed by atoms with Crippen molar-refractivity contribution in [1.82, 2.24) is 94.0 Å². The van der Waals surface area contributed by atoms with E-state index in [2.05, 4.69) is 89.1 Å². The lowest BCUT2D eigenvalue weighted by molar-refractivity contribution is -0.143. The van der Waals surface area contributed by atoms with E-state index in [1.807, 2.05) is 25.6 Å². The molecule has 0 aromatic carbocycles. The van der Waals surface area contributed by atoms with Crippen molar-refractivity contribution in [3.63, 3.8) is 0 Å². The topological polar surface area (TPSA) is 483 Å². The van der Waals surface area contributed by atoms with Gasteiger partial charge in [-0.1, -0.05) is 46.1 Å². The van der Waals surface area contributed by atoms with E-state index in [0.29, 0.717) is 60.2 Å². The molecule has 14 amide bonds. The number of ether oxygens (including phenoxy) is 1. The fourth-order valence-electron chi connectivity index (χ4n) is 13.4. The van der Waals surface area contributed by atoms with Gasteiger partial charge >= 0.3 is 12.0 Å². The van der Waals surface area contributed by atoms with Crippen LogP contribution < -0.4 is 69.1 Å². The van der Waals surface area contributed by atoms with Crippen LogP contribution in [-0.4, -0.2) is 241 Å². The van der Waals surface area contributed by atoms with Crippen molar-refractivity contribution in [1.29, 1.82) is 0 Å². The maximum absolute atomic E-state index is 15.3. The number of pyridine rings is 1. The number of aliphatic carboxylic acids is 1. The number of hydrogen-bond donors (Lipinski definition) is 15. The number of rotatable bonds is 29. The van der Waals surface area contributed by atoms with E-state index in [1.165, 1.54) is 52.2 Å². The van der Waals surface area contributed by atoms with Gasteiger partial charge in [-0.15, -0.1) is 11.3 Å². The Kier molecular flexibility index (Phi) is 33.4. The molecule has 0 spiro atoms. The van der Waals surface area contributed by atoms with Gasteiger partial charge in [-0.3, -0.25) is 67.3 Å². The number of nitrogens with one attached hydrogen (secondary N) is 14. The van der Waals surface area contributed by atoms with Gasteiger partial charge < -0.3 is 88.8 Å². The highest BCUT2D eigenvalue weighted by atomic mass is 32.2. The molecule has 604 valence electrons. The van der Waals surface area contributed by atoms with Gasteiger partial charge in [0.1, 0.15) is 54.4 Å². The first kappa shape index (κ1) is 86.6. The Morgan fingerprint density at radius 2 is 1.38 bits per heavy atom. The van der Waals surface area contributed by atoms with Crippen LogP contribution in [0.25, 0.3) is 0 Å². The molecule has 5 aliphatic rings. The number of unbranched alkanes of at least 4 members (excludes halogenated alkanes) is 1. The van der Waals surface area contributed by atoms with E-state index in [4.69, 9.17) is 4.74 Å². The summed E-state index contributed by atoms with van der Waals surface area (Å²) < 4.78 is 6.35. The fraction of sp³-hybridized carbons (Fsp3) is 0.658. The van der Waals surface area contributed by atoms with Gasteiger partial charge in [0.25, 0.3) is 0 Å². The van der Waals surface area contributed by atoms with Gasteiger partial charge in [0.2, 0.25) is 70.9 Å². The van der Waals surface area contributed by atoms with Gasteiger partial charge in [-0.05, 0) is 120 Å². The third-order valence-corrected chi connectivity index (χ3v) is 23.0. The number of H-pyrrole nitrogens is 1. The molecule has 37 heteroatoms. The number of carboxylic acid groups (broad SMARTS) is 1. The zero-order chi connectivity index (χ0) is 79.5. The first-order valence-electron chi connectivity index (χ1n) is 37.9. The molecule has 4 aliphatic heterocycles. The molecule has 1 aliphatic carbocycles. The van der Waals surface area contributed by atoms with Crippen molar-refractivity contribution in [2.75, 3.05) is 50.5 Å². The Balaban J connectivity index is 1.03. The molecule has 1 saturated carbocycles. The number of thiazole rings is 1. The molecule has 3 aromatic rings. The number of carbonyl (C=O) groups excluding carboxylic acids is 13. The van der Waals surface area contributed by atoms with E-state index < -0.39 is 156 Å². The molecule has 0 bridgehead atoms. The third kappa shape index (κ3) is 27.5. The number of fused-ring (bicyclic) bond motifs is 2. The zero-order valence-corrected chi connectivity index (χ0v) is 65.8. The van der Waals surface area contributed by atoms with Gasteiger partial charge in [0, 0.05) is 104 Å². The smallest absolute Gasteiger partial charge is 0.315 e. The minimum atomic E-state index is -1.56. The summed E-state index contributed by atoms with van der Waals surface area (Å²) in [5.74, 6) is -8.66. The molecule has 0 unspecified atom stereocenters. The standard InChI is InChI=1S/C73H108N18O16S3/c1-7-46-61(96)78-37-58(93)81-47(20-21-59(94)95)63(98)83-48(22-30-108-6)64(99)85-51(31-42-18-19-42)65(100)84-50(32-43-13-10-25-74-35-43)62(97)77-26-11-14-49(88-70(105)72(2,3)24-29-107-73(4,5)23-27-76-57(92)17-9-8-16-56-60-54(39-110-56)89-71(106)90-60)69(104)91-28-12-15-55(91)68(103)87-53(34-45-38-109-41-80-45)67(102)86-52(66(101)82-46)33-44-36-75-40-79-44/h10,13,25,35-36,38,40-42,46-56,60H,7-9,11-12,14-24,26-34,37,39H2,1-6H3,(H,75,79)(H,76,92)(H,77,97)(H,78,96)(H,81,93)(H,82,101)(H,83,98)(H,84,100)(H,85,99)(H,86,102)(H,87,103)(H,88,105)(H,94,95)(H2,89,90,106)/t46-,47-,48-,49-,50-,51-,52-,53-,54-,55+,56-,60-/m0/s1. The highest BCUT2D eigenvalue weighted by molar-refractivity contribution is 8.00. The summed E-state index contributed by atoms with van der Waals surface area (Å²) >= 11 is 4.42. The Hall–Kier alpha value is -8.97. The number of aromatic nitrogens is 4. The lowest BCUT2D eigenvalue weighted by Gasteiger charge is -2.33. The van der Waals surface area contributed by atoms with Crippen molar-refractivity contribution < 1.29 is 77.0 Å². The number of urea groups is 1. The first-order valence-corrected chi connectivity index (χ1v) is 41.3. The summed E-state index contributed by atoms with van der Waals surface area (Å²) in [7, 11) is 0. The van der Waals surface area contributed by atoms with Crippen LogP contribution in [0, 0.1) is 11.3 Å². The lowest BCUT2D eigenvalue weighted by atomic mass is 9.88. The highest BCUT2D eigenvalue weighted by Gasteiger charge is 2.44. The second-order valence-electron chi connectivity index (χ2n) is 29.9. The van der Waals surface area contributed by atoms with Gasteiger partial charge in [-0.2, -0.15) is 23.5 Å². The maximum atomic E-state index is 15.3. The minimum absolute atomic E-state index is 0.0218. The van der Waals surface area contributed by atoms with Crippen molar-refractivity contribution >= 4 is 118 Å². The monoisotopic (exact) mass is 1590 g/mol. The SMILES string of the molecule is CC[C@@H]1NC(=O)[C@H](Cc2cnc[nH]2)NC(=O)[C@H](Cc2cscn2)NC(=O)[C@H]2CCCN2C(=O)[C@@H](NC(=O)C(C)(C)CCOC(C)(C)CCNC(=O)CCCC[C@@H]2SC[C@@H]3NC(=O)N[C@@H]32)CCCNC(=O)[C@H](Cc2cccnc2)NC(=O)[C@H](CC2CC2)NC(=O)[C@H](CCSC)NC(=O)[C@H](CCC(=O)O)NC(=O)CNC1=O. The van der Waals surface area contributed by atoms with Crippen LogP contribution >= 0.6 is 34.9 Å². The number of carbonyl (C=O) groups is 14. The number of nitrogens with zero attached hydrogens (tertiary/aromatic N) is 4. The van der Waals surface area contributed by atoms with Crippen molar-refractivity contribution in [3.8, 4) is 0 Å². The predicted molar refractivity (Wildman–Crippen MR) is 409 cm³/mol. The summed E-state index contributed by atoms with van der Waals surface area (Å²) in [4.78, 5) is 213. The van der Waals surface area contributed by atoms with Crippen LogP contribution in [0.4, 0.5) is 4.79 Å². The summed E-state index contributed by atoms with van der Waals surface area (Å²) in [6, 6.07) is -8.57. The highest BCUT2D eigenvalue weighted by Crippen LogP contribution is 2.35. The van der Waals surface area contributed by atoms with Crippen molar-refractivity contribution in [3.05, 3.63) is 64.9 Å². The van der Waals surface area contributed by atoms with Crippen LogP contribution in [-0.2, 0) is 86.3 Å². The molecule has 7 heterocycles. The number of aromatic amines is 1. The van der Waals surface area contributed by atoms with E-state index in [-0.39, 0.29) is 114 Å². The second kappa shape index (κ2) is 42.4.